The van der Waals surface area contributed by atoms with Crippen LogP contribution in [-0.2, 0) is 19.5 Å². The highest BCUT2D eigenvalue weighted by Crippen LogP contribution is 2.09. The number of halogens is 1. The highest BCUT2D eigenvalue weighted by Gasteiger charge is 2.02. The van der Waals surface area contributed by atoms with Crippen molar-refractivity contribution in [2.24, 2.45) is 0 Å². The summed E-state index contributed by atoms with van der Waals surface area (Å²) in [6.45, 7) is 5.04. The van der Waals surface area contributed by atoms with Crippen LogP contribution in [0.1, 0.15) is 29.7 Å². The Morgan fingerprint density at radius 1 is 1.33 bits per heavy atom. The van der Waals surface area contributed by atoms with Crippen LogP contribution in [0.5, 0.6) is 0 Å². The maximum Gasteiger partial charge on any atom is 0.208 e. The number of benzene rings is 1. The summed E-state index contributed by atoms with van der Waals surface area (Å²) in [5, 5.41) is 3.22. The zero-order chi connectivity index (χ0) is 13.0. The molecule has 1 heterocycles. The average molecular weight is 248 g/mol. The Morgan fingerprint density at radius 2 is 2.17 bits per heavy atom. The number of oxazole rings is 1. The van der Waals surface area contributed by atoms with Crippen molar-refractivity contribution in [3.8, 4) is 0 Å². The molecule has 0 spiro atoms. The molecule has 0 fully saturated rings. The maximum atomic E-state index is 13.1. The first-order valence-electron chi connectivity index (χ1n) is 6.08. The monoisotopic (exact) mass is 248 g/mol. The van der Waals surface area contributed by atoms with Gasteiger partial charge in [-0.25, -0.2) is 9.37 Å². The van der Waals surface area contributed by atoms with Gasteiger partial charge in [0.05, 0.1) is 12.7 Å². The summed E-state index contributed by atoms with van der Waals surface area (Å²) in [4.78, 5) is 4.16. The van der Waals surface area contributed by atoms with E-state index in [1.54, 1.807) is 19.2 Å². The van der Waals surface area contributed by atoms with Crippen LogP contribution in [-0.4, -0.2) is 4.98 Å². The van der Waals surface area contributed by atoms with Gasteiger partial charge in [-0.2, -0.15) is 0 Å². The predicted molar refractivity (Wildman–Crippen MR) is 67.6 cm³/mol. The van der Waals surface area contributed by atoms with Gasteiger partial charge in [0.1, 0.15) is 11.6 Å². The third-order valence-electron chi connectivity index (χ3n) is 2.78. The summed E-state index contributed by atoms with van der Waals surface area (Å²) in [5.41, 5.74) is 1.72. The van der Waals surface area contributed by atoms with E-state index in [1.807, 2.05) is 13.0 Å². The number of hydrogen-bond acceptors (Lipinski definition) is 3. The van der Waals surface area contributed by atoms with Crippen molar-refractivity contribution < 1.29 is 8.81 Å². The second-order valence-corrected chi connectivity index (χ2v) is 4.26. The van der Waals surface area contributed by atoms with E-state index in [-0.39, 0.29) is 5.82 Å². The normalized spacial score (nSPS) is 10.8. The highest BCUT2D eigenvalue weighted by atomic mass is 19.1. The van der Waals surface area contributed by atoms with Gasteiger partial charge >= 0.3 is 0 Å². The number of aromatic nitrogens is 1. The number of hydrogen-bond donors (Lipinski definition) is 1. The van der Waals surface area contributed by atoms with Crippen molar-refractivity contribution >= 4 is 0 Å². The molecule has 4 heteroatoms. The molecule has 2 aromatic rings. The van der Waals surface area contributed by atoms with E-state index in [2.05, 4.69) is 10.3 Å². The van der Waals surface area contributed by atoms with Crippen LogP contribution in [0.4, 0.5) is 4.39 Å². The fraction of sp³-hybridized carbons (Fsp3) is 0.357. The fourth-order valence-corrected chi connectivity index (χ4v) is 1.72. The lowest BCUT2D eigenvalue weighted by Crippen LogP contribution is -2.13. The summed E-state index contributed by atoms with van der Waals surface area (Å²) in [5.74, 6) is 1.41. The van der Waals surface area contributed by atoms with Gasteiger partial charge in [-0.05, 0) is 24.1 Å². The van der Waals surface area contributed by atoms with E-state index in [0.29, 0.717) is 24.5 Å². The number of rotatable bonds is 5. The van der Waals surface area contributed by atoms with Gasteiger partial charge in [0, 0.05) is 13.0 Å². The molecule has 1 aromatic heterocycles. The van der Waals surface area contributed by atoms with Gasteiger partial charge in [-0.15, -0.1) is 0 Å². The Labute approximate surface area is 106 Å². The molecule has 96 valence electrons. The zero-order valence-corrected chi connectivity index (χ0v) is 10.7. The van der Waals surface area contributed by atoms with Crippen LogP contribution >= 0.6 is 0 Å². The summed E-state index contributed by atoms with van der Waals surface area (Å²) in [6, 6.07) is 5.12. The lowest BCUT2D eigenvalue weighted by atomic mass is 10.1. The Hall–Kier alpha value is -1.68. The van der Waals surface area contributed by atoms with Gasteiger partial charge in [-0.3, -0.25) is 0 Å². The minimum absolute atomic E-state index is 0.168. The summed E-state index contributed by atoms with van der Waals surface area (Å²) in [7, 11) is 0. The van der Waals surface area contributed by atoms with Crippen LogP contribution in [0.2, 0.25) is 0 Å². The van der Waals surface area contributed by atoms with Crippen LogP contribution in [0.15, 0.2) is 28.8 Å². The molecule has 0 saturated carbocycles. The standard InChI is InChI=1S/C14H17FN2O/c1-3-12-8-17-14(18-12)9-16-7-11-4-5-13(15)10(2)6-11/h4-6,8,16H,3,7,9H2,1-2H3. The molecule has 1 N–H and O–H groups in total. The fourth-order valence-electron chi connectivity index (χ4n) is 1.72. The Morgan fingerprint density at radius 3 is 2.83 bits per heavy atom. The van der Waals surface area contributed by atoms with Crippen LogP contribution in [0, 0.1) is 12.7 Å². The van der Waals surface area contributed by atoms with Crippen molar-refractivity contribution in [3.63, 3.8) is 0 Å². The zero-order valence-electron chi connectivity index (χ0n) is 10.7. The third-order valence-corrected chi connectivity index (χ3v) is 2.78. The largest absolute Gasteiger partial charge is 0.444 e. The number of nitrogens with one attached hydrogen (secondary N) is 1. The van der Waals surface area contributed by atoms with Crippen LogP contribution < -0.4 is 5.32 Å². The first-order chi connectivity index (χ1) is 8.69. The van der Waals surface area contributed by atoms with E-state index in [4.69, 9.17) is 4.42 Å². The average Bonchev–Trinajstić information content (AvgIpc) is 2.82. The van der Waals surface area contributed by atoms with Gasteiger partial charge in [0.15, 0.2) is 0 Å². The van der Waals surface area contributed by atoms with Crippen molar-refractivity contribution in [1.82, 2.24) is 10.3 Å². The molecule has 0 atom stereocenters. The molecule has 0 aliphatic carbocycles. The van der Waals surface area contributed by atoms with E-state index in [1.165, 1.54) is 6.07 Å². The molecule has 0 radical (unpaired) electrons. The molecular weight excluding hydrogens is 231 g/mol. The molecule has 18 heavy (non-hydrogen) atoms. The SMILES string of the molecule is CCc1cnc(CNCc2ccc(F)c(C)c2)o1. The van der Waals surface area contributed by atoms with E-state index in [0.717, 1.165) is 17.7 Å². The molecule has 0 aliphatic heterocycles. The molecule has 0 bridgehead atoms. The van der Waals surface area contributed by atoms with Crippen molar-refractivity contribution in [2.75, 3.05) is 0 Å². The Balaban J connectivity index is 1.86. The van der Waals surface area contributed by atoms with Gasteiger partial charge in [-0.1, -0.05) is 19.1 Å². The summed E-state index contributed by atoms with van der Waals surface area (Å²) < 4.78 is 18.6. The van der Waals surface area contributed by atoms with E-state index in [9.17, 15) is 4.39 Å². The molecule has 3 nitrogen and oxygen atoms in total. The topological polar surface area (TPSA) is 38.1 Å². The maximum absolute atomic E-state index is 13.1. The first kappa shape index (κ1) is 12.8. The molecule has 0 unspecified atom stereocenters. The molecule has 1 aromatic carbocycles. The lowest BCUT2D eigenvalue weighted by molar-refractivity contribution is 0.439. The van der Waals surface area contributed by atoms with Crippen LogP contribution in [0.25, 0.3) is 0 Å². The lowest BCUT2D eigenvalue weighted by Gasteiger charge is -2.04. The van der Waals surface area contributed by atoms with E-state index >= 15 is 0 Å². The smallest absolute Gasteiger partial charge is 0.208 e. The molecule has 0 aliphatic rings. The minimum atomic E-state index is -0.168. The van der Waals surface area contributed by atoms with E-state index < -0.39 is 0 Å². The predicted octanol–water partition coefficient (Wildman–Crippen LogP) is 2.97. The first-order valence-corrected chi connectivity index (χ1v) is 6.08. The second kappa shape index (κ2) is 5.78. The van der Waals surface area contributed by atoms with Crippen molar-refractivity contribution in [3.05, 3.63) is 53.0 Å². The Kier molecular flexibility index (Phi) is 4.10. The summed E-state index contributed by atoms with van der Waals surface area (Å²) in [6.07, 6.45) is 2.60. The van der Waals surface area contributed by atoms with Crippen molar-refractivity contribution in [1.29, 1.82) is 0 Å². The summed E-state index contributed by atoms with van der Waals surface area (Å²) >= 11 is 0. The second-order valence-electron chi connectivity index (χ2n) is 4.26. The van der Waals surface area contributed by atoms with Crippen LogP contribution in [0.3, 0.4) is 0 Å². The third kappa shape index (κ3) is 3.17. The molecule has 0 amide bonds. The van der Waals surface area contributed by atoms with Gasteiger partial charge in [0.2, 0.25) is 5.89 Å². The quantitative estimate of drug-likeness (QED) is 0.884. The molecular formula is C14H17FN2O. The minimum Gasteiger partial charge on any atom is -0.444 e. The van der Waals surface area contributed by atoms with Crippen molar-refractivity contribution in [2.45, 2.75) is 33.4 Å². The number of nitrogens with zero attached hydrogens (tertiary/aromatic N) is 1. The highest BCUT2D eigenvalue weighted by molar-refractivity contribution is 5.23. The molecule has 2 rings (SSSR count). The molecule has 0 saturated heterocycles. The van der Waals surface area contributed by atoms with Gasteiger partial charge < -0.3 is 9.73 Å². The Bertz CT molecular complexity index is 522. The number of aryl methyl sites for hydroxylation is 2. The van der Waals surface area contributed by atoms with Gasteiger partial charge in [0.25, 0.3) is 0 Å².